The summed E-state index contributed by atoms with van der Waals surface area (Å²) in [7, 11) is 1.40. The molecule has 0 amide bonds. The van der Waals surface area contributed by atoms with Crippen molar-refractivity contribution >= 4 is 5.97 Å². The Balaban J connectivity index is 2.56. The van der Waals surface area contributed by atoms with Gasteiger partial charge in [0.25, 0.3) is 0 Å². The van der Waals surface area contributed by atoms with Crippen LogP contribution in [0.1, 0.15) is 26.7 Å². The summed E-state index contributed by atoms with van der Waals surface area (Å²) in [5.74, 6) is 0.422. The van der Waals surface area contributed by atoms with Crippen molar-refractivity contribution in [3.05, 3.63) is 35.5 Å². The molecule has 0 aromatic heterocycles. The van der Waals surface area contributed by atoms with E-state index < -0.39 is 0 Å². The monoisotopic (exact) mass is 206 g/mol. The summed E-state index contributed by atoms with van der Waals surface area (Å²) in [6.07, 6.45) is 9.87. The van der Waals surface area contributed by atoms with Crippen LogP contribution in [0.5, 0.6) is 0 Å². The third kappa shape index (κ3) is 3.74. The number of esters is 1. The molecule has 82 valence electrons. The summed E-state index contributed by atoms with van der Waals surface area (Å²) in [6.45, 7) is 4.39. The summed E-state index contributed by atoms with van der Waals surface area (Å²) < 4.78 is 4.65. The van der Waals surface area contributed by atoms with Crippen molar-refractivity contribution in [1.29, 1.82) is 0 Å². The van der Waals surface area contributed by atoms with Crippen molar-refractivity contribution in [1.82, 2.24) is 0 Å². The summed E-state index contributed by atoms with van der Waals surface area (Å²) in [5, 5.41) is 0. The van der Waals surface area contributed by atoms with Crippen LogP contribution >= 0.6 is 0 Å². The maximum atomic E-state index is 11.2. The van der Waals surface area contributed by atoms with Crippen LogP contribution in [0.15, 0.2) is 35.5 Å². The van der Waals surface area contributed by atoms with E-state index in [2.05, 4.69) is 24.7 Å². The number of hydrogen-bond donors (Lipinski definition) is 0. The van der Waals surface area contributed by atoms with Gasteiger partial charge in [0.05, 0.1) is 12.7 Å². The lowest BCUT2D eigenvalue weighted by atomic mass is 9.99. The van der Waals surface area contributed by atoms with Crippen LogP contribution in [-0.2, 0) is 9.53 Å². The minimum absolute atomic E-state index is 0.255. The maximum Gasteiger partial charge on any atom is 0.337 e. The van der Waals surface area contributed by atoms with E-state index in [0.717, 1.165) is 12.8 Å². The van der Waals surface area contributed by atoms with E-state index in [-0.39, 0.29) is 5.97 Å². The highest BCUT2D eigenvalue weighted by molar-refractivity contribution is 5.92. The van der Waals surface area contributed by atoms with E-state index in [9.17, 15) is 4.79 Å². The lowest BCUT2D eigenvalue weighted by Crippen LogP contribution is -2.04. The van der Waals surface area contributed by atoms with Crippen LogP contribution in [0.4, 0.5) is 0 Å². The quantitative estimate of drug-likeness (QED) is 0.663. The second-order valence-corrected chi connectivity index (χ2v) is 4.10. The smallest absolute Gasteiger partial charge is 0.337 e. The Bertz CT molecular complexity index is 319. The van der Waals surface area contributed by atoms with E-state index in [1.807, 2.05) is 18.2 Å². The second kappa shape index (κ2) is 5.54. The van der Waals surface area contributed by atoms with E-state index in [1.54, 1.807) is 0 Å². The standard InChI is InChI=1S/C13H18O2/c1-10(2)4-5-11-6-8-12(9-7-11)13(14)15-3/h5-6,8-10H,4,7H2,1-3H3. The Morgan fingerprint density at radius 3 is 2.73 bits per heavy atom. The van der Waals surface area contributed by atoms with Gasteiger partial charge in [-0.05, 0) is 30.4 Å². The molecule has 0 heterocycles. The molecule has 0 aromatic rings. The number of allylic oxidation sites excluding steroid dienone is 4. The highest BCUT2D eigenvalue weighted by atomic mass is 16.5. The highest BCUT2D eigenvalue weighted by Gasteiger charge is 2.09. The molecule has 2 nitrogen and oxygen atoms in total. The van der Waals surface area contributed by atoms with Crippen molar-refractivity contribution in [2.24, 2.45) is 5.92 Å². The Kier molecular flexibility index (Phi) is 4.35. The SMILES string of the molecule is COC(=O)C1=CCC(=CCC(C)C)C=C1. The lowest BCUT2D eigenvalue weighted by molar-refractivity contribution is -0.135. The van der Waals surface area contributed by atoms with Crippen LogP contribution in [0, 0.1) is 5.92 Å². The number of ether oxygens (including phenoxy) is 1. The minimum atomic E-state index is -0.255. The Labute approximate surface area is 91.3 Å². The Morgan fingerprint density at radius 2 is 2.27 bits per heavy atom. The van der Waals surface area contributed by atoms with E-state index in [1.165, 1.54) is 12.7 Å². The van der Waals surface area contributed by atoms with Crippen LogP contribution < -0.4 is 0 Å². The van der Waals surface area contributed by atoms with Gasteiger partial charge < -0.3 is 4.74 Å². The zero-order valence-corrected chi connectivity index (χ0v) is 9.62. The van der Waals surface area contributed by atoms with Crippen LogP contribution in [0.2, 0.25) is 0 Å². The van der Waals surface area contributed by atoms with Gasteiger partial charge in [0, 0.05) is 0 Å². The first-order valence-electron chi connectivity index (χ1n) is 5.29. The molecule has 1 aliphatic carbocycles. The molecule has 0 radical (unpaired) electrons. The minimum Gasteiger partial charge on any atom is -0.465 e. The predicted octanol–water partition coefficient (Wildman–Crippen LogP) is 3.02. The fourth-order valence-corrected chi connectivity index (χ4v) is 1.37. The molecule has 0 atom stereocenters. The van der Waals surface area contributed by atoms with Gasteiger partial charge in [-0.15, -0.1) is 0 Å². The molecule has 15 heavy (non-hydrogen) atoms. The lowest BCUT2D eigenvalue weighted by Gasteiger charge is -2.08. The van der Waals surface area contributed by atoms with Gasteiger partial charge in [0.1, 0.15) is 0 Å². The van der Waals surface area contributed by atoms with E-state index >= 15 is 0 Å². The topological polar surface area (TPSA) is 26.3 Å². The molecule has 0 N–H and O–H groups in total. The van der Waals surface area contributed by atoms with E-state index in [4.69, 9.17) is 0 Å². The Hall–Kier alpha value is -1.31. The molecule has 0 aliphatic heterocycles. The van der Waals surface area contributed by atoms with Crippen LogP contribution in [0.3, 0.4) is 0 Å². The summed E-state index contributed by atoms with van der Waals surface area (Å²) in [4.78, 5) is 11.2. The van der Waals surface area contributed by atoms with Gasteiger partial charge >= 0.3 is 5.97 Å². The highest BCUT2D eigenvalue weighted by Crippen LogP contribution is 2.18. The van der Waals surface area contributed by atoms with Gasteiger partial charge in [-0.3, -0.25) is 0 Å². The van der Waals surface area contributed by atoms with Gasteiger partial charge in [-0.1, -0.05) is 32.1 Å². The average molecular weight is 206 g/mol. The number of rotatable bonds is 3. The molecule has 0 unspecified atom stereocenters. The fraction of sp³-hybridized carbons (Fsp3) is 0.462. The first-order valence-corrected chi connectivity index (χ1v) is 5.29. The molecule has 0 aromatic carbocycles. The van der Waals surface area contributed by atoms with Crippen LogP contribution in [0.25, 0.3) is 0 Å². The van der Waals surface area contributed by atoms with Crippen molar-refractivity contribution in [3.63, 3.8) is 0 Å². The predicted molar refractivity (Wildman–Crippen MR) is 61.4 cm³/mol. The van der Waals surface area contributed by atoms with Crippen molar-refractivity contribution in [2.45, 2.75) is 26.7 Å². The number of methoxy groups -OCH3 is 1. The molecule has 2 heteroatoms. The molecular formula is C13H18O2. The first kappa shape index (κ1) is 11.8. The number of carbonyl (C=O) groups excluding carboxylic acids is 1. The largest absolute Gasteiger partial charge is 0.465 e. The summed E-state index contributed by atoms with van der Waals surface area (Å²) in [5.41, 5.74) is 1.93. The van der Waals surface area contributed by atoms with Gasteiger partial charge in [0.15, 0.2) is 0 Å². The zero-order valence-electron chi connectivity index (χ0n) is 9.62. The second-order valence-electron chi connectivity index (χ2n) is 4.10. The fourth-order valence-electron chi connectivity index (χ4n) is 1.37. The zero-order chi connectivity index (χ0) is 11.3. The molecule has 0 bridgehead atoms. The van der Waals surface area contributed by atoms with Crippen molar-refractivity contribution < 1.29 is 9.53 Å². The molecule has 0 saturated carbocycles. The third-order valence-corrected chi connectivity index (χ3v) is 2.31. The average Bonchev–Trinajstić information content (AvgIpc) is 2.26. The van der Waals surface area contributed by atoms with Gasteiger partial charge in [0.2, 0.25) is 0 Å². The number of carbonyl (C=O) groups is 1. The van der Waals surface area contributed by atoms with Gasteiger partial charge in [-0.25, -0.2) is 4.79 Å². The molecule has 1 aliphatic rings. The van der Waals surface area contributed by atoms with Crippen molar-refractivity contribution in [3.8, 4) is 0 Å². The maximum absolute atomic E-state index is 11.2. The molecule has 0 fully saturated rings. The molecule has 1 rings (SSSR count). The third-order valence-electron chi connectivity index (χ3n) is 2.31. The summed E-state index contributed by atoms with van der Waals surface area (Å²) in [6, 6.07) is 0. The molecule has 0 saturated heterocycles. The van der Waals surface area contributed by atoms with Crippen molar-refractivity contribution in [2.75, 3.05) is 7.11 Å². The molecule has 0 spiro atoms. The normalized spacial score (nSPS) is 18.1. The van der Waals surface area contributed by atoms with E-state index in [0.29, 0.717) is 11.5 Å². The molecular weight excluding hydrogens is 188 g/mol. The Morgan fingerprint density at radius 1 is 1.53 bits per heavy atom. The van der Waals surface area contributed by atoms with Gasteiger partial charge in [-0.2, -0.15) is 0 Å². The van der Waals surface area contributed by atoms with Crippen LogP contribution in [-0.4, -0.2) is 13.1 Å². The first-order chi connectivity index (χ1) is 7.13. The summed E-state index contributed by atoms with van der Waals surface area (Å²) >= 11 is 0. The number of hydrogen-bond acceptors (Lipinski definition) is 2.